The highest BCUT2D eigenvalue weighted by atomic mass is 16.3. The maximum Gasteiger partial charge on any atom is 0.0695 e. The molecule has 3 fully saturated rings. The molecule has 0 aromatic rings. The molecule has 3 heteroatoms. The van der Waals surface area contributed by atoms with Gasteiger partial charge in [0.1, 0.15) is 0 Å². The summed E-state index contributed by atoms with van der Waals surface area (Å²) in [6.45, 7) is 3.64. The predicted octanol–water partition coefficient (Wildman–Crippen LogP) is 1.36. The molecule has 1 heterocycles. The van der Waals surface area contributed by atoms with Gasteiger partial charge in [0, 0.05) is 12.1 Å². The van der Waals surface area contributed by atoms with Gasteiger partial charge in [-0.05, 0) is 70.5 Å². The van der Waals surface area contributed by atoms with E-state index in [1.165, 1.54) is 58.2 Å². The predicted molar refractivity (Wildman–Crippen MR) is 69.0 cm³/mol. The van der Waals surface area contributed by atoms with E-state index < -0.39 is 0 Å². The fourth-order valence-electron chi connectivity index (χ4n) is 3.46. The molecule has 3 rings (SSSR count). The molecule has 2 N–H and O–H groups in total. The SMILES string of the molecule is OC1CCCC1N1CCC(CNC2CC2)CC1. The van der Waals surface area contributed by atoms with Crippen LogP contribution in [0.15, 0.2) is 0 Å². The number of hydrogen-bond acceptors (Lipinski definition) is 3. The molecule has 0 aromatic carbocycles. The normalized spacial score (nSPS) is 36.5. The molecule has 2 aliphatic carbocycles. The second-order valence-electron chi connectivity index (χ2n) is 6.23. The van der Waals surface area contributed by atoms with Crippen molar-refractivity contribution >= 4 is 0 Å². The highest BCUT2D eigenvalue weighted by Crippen LogP contribution is 2.28. The molecule has 2 saturated carbocycles. The molecule has 1 aliphatic heterocycles. The van der Waals surface area contributed by atoms with E-state index in [4.69, 9.17) is 0 Å². The van der Waals surface area contributed by atoms with Crippen LogP contribution in [0.3, 0.4) is 0 Å². The molecule has 2 unspecified atom stereocenters. The van der Waals surface area contributed by atoms with Gasteiger partial charge in [-0.2, -0.15) is 0 Å². The van der Waals surface area contributed by atoms with E-state index in [1.54, 1.807) is 0 Å². The van der Waals surface area contributed by atoms with Gasteiger partial charge in [0.25, 0.3) is 0 Å². The van der Waals surface area contributed by atoms with E-state index in [2.05, 4.69) is 10.2 Å². The van der Waals surface area contributed by atoms with E-state index in [9.17, 15) is 5.11 Å². The molecule has 2 atom stereocenters. The zero-order chi connectivity index (χ0) is 11.7. The fourth-order valence-corrected chi connectivity index (χ4v) is 3.46. The Hall–Kier alpha value is -0.120. The van der Waals surface area contributed by atoms with Crippen molar-refractivity contribution in [2.24, 2.45) is 5.92 Å². The molecule has 0 spiro atoms. The average molecular weight is 238 g/mol. The second kappa shape index (κ2) is 5.25. The Morgan fingerprint density at radius 2 is 1.76 bits per heavy atom. The number of nitrogens with zero attached hydrogens (tertiary/aromatic N) is 1. The quantitative estimate of drug-likeness (QED) is 0.776. The number of aliphatic hydroxyl groups is 1. The minimum atomic E-state index is -0.0452. The lowest BCUT2D eigenvalue weighted by Crippen LogP contribution is -2.46. The molecule has 0 aromatic heterocycles. The van der Waals surface area contributed by atoms with Crippen molar-refractivity contribution in [2.75, 3.05) is 19.6 Å². The van der Waals surface area contributed by atoms with Crippen LogP contribution in [0.1, 0.15) is 44.9 Å². The maximum atomic E-state index is 9.94. The Balaban J connectivity index is 1.40. The smallest absolute Gasteiger partial charge is 0.0695 e. The first-order chi connectivity index (χ1) is 8.33. The molecule has 98 valence electrons. The van der Waals surface area contributed by atoms with Gasteiger partial charge in [-0.15, -0.1) is 0 Å². The van der Waals surface area contributed by atoms with Crippen LogP contribution in [0, 0.1) is 5.92 Å². The van der Waals surface area contributed by atoms with Crippen molar-refractivity contribution < 1.29 is 5.11 Å². The van der Waals surface area contributed by atoms with Gasteiger partial charge in [0.15, 0.2) is 0 Å². The standard InChI is InChI=1S/C14H26N2O/c17-14-3-1-2-13(14)16-8-6-11(7-9-16)10-15-12-4-5-12/h11-15,17H,1-10H2. The number of rotatable bonds is 4. The zero-order valence-electron chi connectivity index (χ0n) is 10.8. The van der Waals surface area contributed by atoms with E-state index in [-0.39, 0.29) is 6.10 Å². The highest BCUT2D eigenvalue weighted by Gasteiger charge is 2.33. The lowest BCUT2D eigenvalue weighted by Gasteiger charge is -2.37. The van der Waals surface area contributed by atoms with Gasteiger partial charge >= 0.3 is 0 Å². The van der Waals surface area contributed by atoms with E-state index >= 15 is 0 Å². The molecule has 3 nitrogen and oxygen atoms in total. The summed E-state index contributed by atoms with van der Waals surface area (Å²) in [5.74, 6) is 0.880. The molecule has 0 bridgehead atoms. The summed E-state index contributed by atoms with van der Waals surface area (Å²) in [5.41, 5.74) is 0. The van der Waals surface area contributed by atoms with Crippen molar-refractivity contribution in [1.82, 2.24) is 10.2 Å². The molecule has 3 aliphatic rings. The Morgan fingerprint density at radius 1 is 1.00 bits per heavy atom. The molecular formula is C14H26N2O. The van der Waals surface area contributed by atoms with Crippen LogP contribution in [0.2, 0.25) is 0 Å². The number of aliphatic hydroxyl groups excluding tert-OH is 1. The van der Waals surface area contributed by atoms with Crippen LogP contribution in [0.25, 0.3) is 0 Å². The van der Waals surface area contributed by atoms with Crippen molar-refractivity contribution in [2.45, 2.75) is 63.1 Å². The van der Waals surface area contributed by atoms with Gasteiger partial charge < -0.3 is 10.4 Å². The number of piperidine rings is 1. The third-order valence-corrected chi connectivity index (χ3v) is 4.83. The van der Waals surface area contributed by atoms with Gasteiger partial charge in [-0.25, -0.2) is 0 Å². The van der Waals surface area contributed by atoms with E-state index in [0.29, 0.717) is 6.04 Å². The Labute approximate surface area is 105 Å². The molecule has 0 radical (unpaired) electrons. The maximum absolute atomic E-state index is 9.94. The van der Waals surface area contributed by atoms with Crippen molar-refractivity contribution in [3.05, 3.63) is 0 Å². The van der Waals surface area contributed by atoms with Crippen molar-refractivity contribution in [3.8, 4) is 0 Å². The Bertz CT molecular complexity index is 247. The largest absolute Gasteiger partial charge is 0.391 e. The van der Waals surface area contributed by atoms with E-state index in [0.717, 1.165) is 18.4 Å². The summed E-state index contributed by atoms with van der Waals surface area (Å²) in [7, 11) is 0. The van der Waals surface area contributed by atoms with Gasteiger partial charge in [-0.1, -0.05) is 0 Å². The Morgan fingerprint density at radius 3 is 2.35 bits per heavy atom. The summed E-state index contributed by atoms with van der Waals surface area (Å²) < 4.78 is 0. The highest BCUT2D eigenvalue weighted by molar-refractivity contribution is 4.89. The summed E-state index contributed by atoms with van der Waals surface area (Å²) in [6, 6.07) is 1.33. The van der Waals surface area contributed by atoms with Gasteiger partial charge in [-0.3, -0.25) is 4.90 Å². The first kappa shape index (κ1) is 11.9. The van der Waals surface area contributed by atoms with Crippen LogP contribution in [-0.4, -0.2) is 47.8 Å². The van der Waals surface area contributed by atoms with Gasteiger partial charge in [0.2, 0.25) is 0 Å². The van der Waals surface area contributed by atoms with Gasteiger partial charge in [0.05, 0.1) is 6.10 Å². The minimum Gasteiger partial charge on any atom is -0.391 e. The summed E-state index contributed by atoms with van der Waals surface area (Å²) in [6.07, 6.45) is 8.84. The molecule has 0 amide bonds. The third-order valence-electron chi connectivity index (χ3n) is 4.83. The topological polar surface area (TPSA) is 35.5 Å². The third kappa shape index (κ3) is 3.01. The monoisotopic (exact) mass is 238 g/mol. The summed E-state index contributed by atoms with van der Waals surface area (Å²) in [4.78, 5) is 2.55. The van der Waals surface area contributed by atoms with Crippen molar-refractivity contribution in [3.63, 3.8) is 0 Å². The summed E-state index contributed by atoms with van der Waals surface area (Å²) >= 11 is 0. The van der Waals surface area contributed by atoms with Crippen LogP contribution < -0.4 is 5.32 Å². The van der Waals surface area contributed by atoms with Crippen LogP contribution in [0.4, 0.5) is 0 Å². The molecular weight excluding hydrogens is 212 g/mol. The van der Waals surface area contributed by atoms with E-state index in [1.807, 2.05) is 0 Å². The lowest BCUT2D eigenvalue weighted by molar-refractivity contribution is 0.0482. The van der Waals surface area contributed by atoms with Crippen LogP contribution >= 0.6 is 0 Å². The van der Waals surface area contributed by atoms with Crippen molar-refractivity contribution in [1.29, 1.82) is 0 Å². The minimum absolute atomic E-state index is 0.0452. The van der Waals surface area contributed by atoms with Crippen LogP contribution in [0.5, 0.6) is 0 Å². The summed E-state index contributed by atoms with van der Waals surface area (Å²) in [5, 5.41) is 13.6. The average Bonchev–Trinajstić information content (AvgIpc) is 3.09. The number of hydrogen-bond donors (Lipinski definition) is 2. The fraction of sp³-hybridized carbons (Fsp3) is 1.00. The lowest BCUT2D eigenvalue weighted by atomic mass is 9.95. The molecule has 1 saturated heterocycles. The number of likely N-dealkylation sites (tertiary alicyclic amines) is 1. The van der Waals surface area contributed by atoms with Crippen LogP contribution in [-0.2, 0) is 0 Å². The number of nitrogens with one attached hydrogen (secondary N) is 1. The first-order valence-corrected chi connectivity index (χ1v) is 7.48. The zero-order valence-corrected chi connectivity index (χ0v) is 10.8. The second-order valence-corrected chi connectivity index (χ2v) is 6.23. The molecule has 17 heavy (non-hydrogen) atoms. The Kier molecular flexibility index (Phi) is 3.69. The first-order valence-electron chi connectivity index (χ1n) is 7.48.